The van der Waals surface area contributed by atoms with Crippen LogP contribution in [0.15, 0.2) is 41.5 Å². The highest BCUT2D eigenvalue weighted by atomic mass is 127. The summed E-state index contributed by atoms with van der Waals surface area (Å²) in [4.78, 5) is 12.7. The van der Waals surface area contributed by atoms with Crippen LogP contribution in [0, 0.1) is 0 Å². The maximum absolute atomic E-state index is 4.48. The molecule has 2 heterocycles. The first-order valence-corrected chi connectivity index (χ1v) is 10.3. The van der Waals surface area contributed by atoms with Gasteiger partial charge in [0.15, 0.2) is 5.96 Å². The summed E-state index contributed by atoms with van der Waals surface area (Å²) in [6.07, 6.45) is 6.26. The molecule has 1 aliphatic rings. The number of nitrogens with zero attached hydrogens (tertiary/aromatic N) is 3. The molecule has 1 aromatic heterocycles. The van der Waals surface area contributed by atoms with Crippen LogP contribution in [0.3, 0.4) is 0 Å². The largest absolute Gasteiger partial charge is 0.371 e. The lowest BCUT2D eigenvalue weighted by molar-refractivity contribution is 0.461. The Hall–Kier alpha value is -1.35. The van der Waals surface area contributed by atoms with Crippen molar-refractivity contribution in [2.45, 2.75) is 38.6 Å². The van der Waals surface area contributed by atoms with E-state index < -0.39 is 0 Å². The van der Waals surface area contributed by atoms with Gasteiger partial charge in [0.25, 0.3) is 0 Å². The van der Waals surface area contributed by atoms with Gasteiger partial charge in [-0.15, -0.1) is 35.3 Å². The van der Waals surface area contributed by atoms with Crippen molar-refractivity contribution in [2.75, 3.05) is 31.6 Å². The summed E-state index contributed by atoms with van der Waals surface area (Å²) < 4.78 is 0. The van der Waals surface area contributed by atoms with E-state index >= 15 is 0 Å². The van der Waals surface area contributed by atoms with Crippen molar-refractivity contribution in [3.05, 3.63) is 46.4 Å². The zero-order chi connectivity index (χ0) is 18.2. The average Bonchev–Trinajstić information content (AvgIpc) is 3.16. The number of halogens is 1. The van der Waals surface area contributed by atoms with Crippen LogP contribution in [0.25, 0.3) is 0 Å². The monoisotopic (exact) mass is 499 g/mol. The van der Waals surface area contributed by atoms with Gasteiger partial charge in [0.1, 0.15) is 0 Å². The third-order valence-corrected chi connectivity index (χ3v) is 5.96. The molecule has 0 saturated carbocycles. The van der Waals surface area contributed by atoms with Crippen molar-refractivity contribution >= 4 is 47.0 Å². The molecule has 0 aliphatic carbocycles. The van der Waals surface area contributed by atoms with Gasteiger partial charge in [0.05, 0.1) is 5.01 Å². The average molecular weight is 499 g/mol. The molecule has 2 aromatic rings. The predicted molar refractivity (Wildman–Crippen MR) is 127 cm³/mol. The number of aliphatic imine (C=N–C) groups is 1. The number of hydrogen-bond donors (Lipinski definition) is 2. The van der Waals surface area contributed by atoms with Crippen LogP contribution in [0.5, 0.6) is 0 Å². The minimum Gasteiger partial charge on any atom is -0.371 e. The lowest BCUT2D eigenvalue weighted by atomic mass is 10.0. The number of aryl methyl sites for hydroxylation is 1. The smallest absolute Gasteiger partial charge is 0.191 e. The molecule has 0 radical (unpaired) electrons. The maximum atomic E-state index is 4.48. The number of benzene rings is 1. The number of guanidine groups is 1. The number of para-hydroxylation sites is 1. The number of hydrogen-bond acceptors (Lipinski definition) is 4. The third kappa shape index (κ3) is 6.64. The number of piperidine rings is 1. The van der Waals surface area contributed by atoms with Crippen LogP contribution in [0.4, 0.5) is 5.69 Å². The van der Waals surface area contributed by atoms with Gasteiger partial charge in [-0.1, -0.05) is 25.1 Å². The van der Waals surface area contributed by atoms with E-state index in [0.717, 1.165) is 51.3 Å². The molecule has 0 bridgehead atoms. The molecule has 7 heteroatoms. The van der Waals surface area contributed by atoms with Crippen molar-refractivity contribution in [2.24, 2.45) is 4.99 Å². The Balaban J connectivity index is 0.00000261. The van der Waals surface area contributed by atoms with Crippen LogP contribution in [-0.2, 0) is 12.8 Å². The molecule has 1 aliphatic heterocycles. The molecule has 2 N–H and O–H groups in total. The fraction of sp³-hybridized carbons (Fsp3) is 0.500. The van der Waals surface area contributed by atoms with Gasteiger partial charge in [-0.05, 0) is 31.4 Å². The van der Waals surface area contributed by atoms with E-state index in [-0.39, 0.29) is 24.0 Å². The van der Waals surface area contributed by atoms with E-state index in [9.17, 15) is 0 Å². The molecule has 0 amide bonds. The zero-order valence-electron chi connectivity index (χ0n) is 16.1. The first-order chi connectivity index (χ1) is 12.8. The minimum absolute atomic E-state index is 0. The Morgan fingerprint density at radius 1 is 1.26 bits per heavy atom. The first-order valence-electron chi connectivity index (χ1n) is 9.49. The number of nitrogens with one attached hydrogen (secondary N) is 2. The molecule has 148 valence electrons. The summed E-state index contributed by atoms with van der Waals surface area (Å²) in [5.74, 6) is 0.899. The van der Waals surface area contributed by atoms with E-state index in [2.05, 4.69) is 62.8 Å². The summed E-state index contributed by atoms with van der Waals surface area (Å²) in [6.45, 7) is 5.19. The second-order valence-electron chi connectivity index (χ2n) is 6.56. The molecular weight excluding hydrogens is 469 g/mol. The molecule has 5 nitrogen and oxygen atoms in total. The van der Waals surface area contributed by atoms with Crippen molar-refractivity contribution in [3.8, 4) is 0 Å². The Labute approximate surface area is 183 Å². The van der Waals surface area contributed by atoms with E-state index in [1.165, 1.54) is 15.6 Å². The number of aromatic nitrogens is 1. The van der Waals surface area contributed by atoms with Gasteiger partial charge < -0.3 is 15.5 Å². The van der Waals surface area contributed by atoms with Crippen molar-refractivity contribution in [3.63, 3.8) is 0 Å². The SMILES string of the molecule is CCc1cnc(CCNC(=NC)NC2CCN(c3ccccc3)CC2)s1.I. The van der Waals surface area contributed by atoms with Crippen LogP contribution in [0.2, 0.25) is 0 Å². The van der Waals surface area contributed by atoms with Crippen LogP contribution in [-0.4, -0.2) is 43.7 Å². The Bertz CT molecular complexity index is 695. The Kier molecular flexibility index (Phi) is 9.33. The van der Waals surface area contributed by atoms with E-state index in [1.54, 1.807) is 0 Å². The summed E-state index contributed by atoms with van der Waals surface area (Å²) in [7, 11) is 1.84. The second kappa shape index (κ2) is 11.5. The fourth-order valence-corrected chi connectivity index (χ4v) is 4.09. The van der Waals surface area contributed by atoms with Gasteiger partial charge in [-0.3, -0.25) is 4.99 Å². The number of anilines is 1. The van der Waals surface area contributed by atoms with E-state index in [1.807, 2.05) is 24.6 Å². The van der Waals surface area contributed by atoms with Crippen LogP contribution in [0.1, 0.15) is 29.7 Å². The minimum atomic E-state index is 0. The Morgan fingerprint density at radius 3 is 2.63 bits per heavy atom. The second-order valence-corrected chi connectivity index (χ2v) is 7.76. The standard InChI is InChI=1S/C20H29N5S.HI/c1-3-18-15-23-19(26-18)9-12-22-20(21-2)24-16-10-13-25(14-11-16)17-7-5-4-6-8-17;/h4-8,15-16H,3,9-14H2,1-2H3,(H2,21,22,24);1H. The highest BCUT2D eigenvalue weighted by Crippen LogP contribution is 2.19. The molecule has 3 rings (SSSR count). The molecule has 27 heavy (non-hydrogen) atoms. The first kappa shape index (κ1) is 21.9. The van der Waals surface area contributed by atoms with Crippen LogP contribution >= 0.6 is 35.3 Å². The van der Waals surface area contributed by atoms with Gasteiger partial charge in [0, 0.05) is 55.9 Å². The van der Waals surface area contributed by atoms with Gasteiger partial charge in [-0.2, -0.15) is 0 Å². The number of rotatable bonds is 6. The van der Waals surface area contributed by atoms with Crippen molar-refractivity contribution in [1.29, 1.82) is 0 Å². The molecular formula is C20H30IN5S. The van der Waals surface area contributed by atoms with Gasteiger partial charge >= 0.3 is 0 Å². The molecule has 0 unspecified atom stereocenters. The molecule has 0 spiro atoms. The lowest BCUT2D eigenvalue weighted by Crippen LogP contribution is -2.49. The fourth-order valence-electron chi connectivity index (χ4n) is 3.22. The summed E-state index contributed by atoms with van der Waals surface area (Å²) in [6, 6.07) is 11.2. The summed E-state index contributed by atoms with van der Waals surface area (Å²) in [5, 5.41) is 8.20. The summed E-state index contributed by atoms with van der Waals surface area (Å²) >= 11 is 1.81. The van der Waals surface area contributed by atoms with E-state index in [4.69, 9.17) is 0 Å². The molecule has 1 fully saturated rings. The van der Waals surface area contributed by atoms with Gasteiger partial charge in [0.2, 0.25) is 0 Å². The molecule has 1 aromatic carbocycles. The third-order valence-electron chi connectivity index (χ3n) is 4.76. The summed E-state index contributed by atoms with van der Waals surface area (Å²) in [5.41, 5.74) is 1.32. The quantitative estimate of drug-likeness (QED) is 0.362. The normalized spacial score (nSPS) is 15.3. The highest BCUT2D eigenvalue weighted by molar-refractivity contribution is 14.0. The number of thiazole rings is 1. The molecule has 1 saturated heterocycles. The zero-order valence-corrected chi connectivity index (χ0v) is 19.3. The topological polar surface area (TPSA) is 52.6 Å². The van der Waals surface area contributed by atoms with Crippen LogP contribution < -0.4 is 15.5 Å². The lowest BCUT2D eigenvalue weighted by Gasteiger charge is -2.34. The predicted octanol–water partition coefficient (Wildman–Crippen LogP) is 3.70. The highest BCUT2D eigenvalue weighted by Gasteiger charge is 2.20. The van der Waals surface area contributed by atoms with Crippen molar-refractivity contribution < 1.29 is 0 Å². The van der Waals surface area contributed by atoms with E-state index in [0.29, 0.717) is 6.04 Å². The molecule has 0 atom stereocenters. The van der Waals surface area contributed by atoms with Gasteiger partial charge in [-0.25, -0.2) is 4.98 Å². The maximum Gasteiger partial charge on any atom is 0.191 e. The van der Waals surface area contributed by atoms with Crippen molar-refractivity contribution in [1.82, 2.24) is 15.6 Å². The Morgan fingerprint density at radius 2 is 2.00 bits per heavy atom.